The van der Waals surface area contributed by atoms with E-state index in [9.17, 15) is 0 Å². The Kier molecular flexibility index (Phi) is 4.90. The predicted octanol–water partition coefficient (Wildman–Crippen LogP) is 3.47. The molecule has 0 amide bonds. The Balaban J connectivity index is 2.03. The van der Waals surface area contributed by atoms with Gasteiger partial charge in [-0.2, -0.15) is 0 Å². The van der Waals surface area contributed by atoms with Gasteiger partial charge < -0.3 is 10.2 Å². The van der Waals surface area contributed by atoms with Gasteiger partial charge >= 0.3 is 0 Å². The van der Waals surface area contributed by atoms with E-state index >= 15 is 0 Å². The number of piperidine rings is 1. The van der Waals surface area contributed by atoms with Crippen LogP contribution in [-0.2, 0) is 0 Å². The first kappa shape index (κ1) is 13.7. The summed E-state index contributed by atoms with van der Waals surface area (Å²) in [5, 5.41) is 4.09. The van der Waals surface area contributed by atoms with Gasteiger partial charge in [0.05, 0.1) is 0 Å². The second-order valence-electron chi connectivity index (χ2n) is 5.28. The van der Waals surface area contributed by atoms with Crippen LogP contribution in [0.5, 0.6) is 0 Å². The summed E-state index contributed by atoms with van der Waals surface area (Å²) < 4.78 is 0. The molecule has 1 saturated heterocycles. The number of hydrogen-bond acceptors (Lipinski definition) is 2. The summed E-state index contributed by atoms with van der Waals surface area (Å²) in [4.78, 5) is 2.52. The van der Waals surface area contributed by atoms with E-state index in [0.29, 0.717) is 0 Å². The third-order valence-corrected chi connectivity index (χ3v) is 4.06. The highest BCUT2D eigenvalue weighted by molar-refractivity contribution is 6.30. The molecule has 0 radical (unpaired) electrons. The Morgan fingerprint density at radius 2 is 2.28 bits per heavy atom. The molecular formula is C15H23ClN2. The molecule has 0 saturated carbocycles. The number of anilines is 1. The molecular weight excluding hydrogens is 244 g/mol. The van der Waals surface area contributed by atoms with Crippen LogP contribution < -0.4 is 10.2 Å². The fourth-order valence-corrected chi connectivity index (χ4v) is 3.07. The average molecular weight is 267 g/mol. The molecule has 1 aromatic carbocycles. The molecule has 100 valence electrons. The van der Waals surface area contributed by atoms with Gasteiger partial charge in [-0.25, -0.2) is 0 Å². The summed E-state index contributed by atoms with van der Waals surface area (Å²) in [5.41, 5.74) is 2.64. The van der Waals surface area contributed by atoms with E-state index < -0.39 is 0 Å². The minimum absolute atomic E-state index is 0.821. The molecule has 1 aliphatic rings. The number of rotatable bonds is 4. The smallest absolute Gasteiger partial charge is 0.0410 e. The monoisotopic (exact) mass is 266 g/mol. The quantitative estimate of drug-likeness (QED) is 0.898. The van der Waals surface area contributed by atoms with E-state index in [1.807, 2.05) is 13.1 Å². The van der Waals surface area contributed by atoms with Crippen molar-refractivity contribution >= 4 is 17.3 Å². The van der Waals surface area contributed by atoms with E-state index in [1.54, 1.807) is 0 Å². The fraction of sp³-hybridized carbons (Fsp3) is 0.600. The van der Waals surface area contributed by atoms with Crippen molar-refractivity contribution in [3.63, 3.8) is 0 Å². The molecule has 1 atom stereocenters. The topological polar surface area (TPSA) is 15.3 Å². The summed E-state index contributed by atoms with van der Waals surface area (Å²) in [6.45, 7) is 5.64. The molecule has 1 N–H and O–H groups in total. The molecule has 1 aliphatic heterocycles. The predicted molar refractivity (Wildman–Crippen MR) is 79.7 cm³/mol. The number of hydrogen-bond donors (Lipinski definition) is 1. The minimum Gasteiger partial charge on any atom is -0.371 e. The highest BCUT2D eigenvalue weighted by atomic mass is 35.5. The molecule has 0 spiro atoms. The first-order valence-electron chi connectivity index (χ1n) is 6.86. The Morgan fingerprint density at radius 3 is 3.00 bits per heavy atom. The van der Waals surface area contributed by atoms with Crippen LogP contribution in [0, 0.1) is 12.8 Å². The van der Waals surface area contributed by atoms with Crippen molar-refractivity contribution in [3.8, 4) is 0 Å². The number of nitrogens with one attached hydrogen (secondary N) is 1. The third-order valence-electron chi connectivity index (χ3n) is 3.82. The van der Waals surface area contributed by atoms with Crippen LogP contribution in [0.1, 0.15) is 24.8 Å². The van der Waals surface area contributed by atoms with Gasteiger partial charge in [0.15, 0.2) is 0 Å². The van der Waals surface area contributed by atoms with E-state index in [2.05, 4.69) is 29.3 Å². The lowest BCUT2D eigenvalue weighted by Gasteiger charge is -2.35. The zero-order chi connectivity index (χ0) is 13.0. The highest BCUT2D eigenvalue weighted by Crippen LogP contribution is 2.28. The van der Waals surface area contributed by atoms with Crippen LogP contribution in [0.15, 0.2) is 18.2 Å². The zero-order valence-corrected chi connectivity index (χ0v) is 12.1. The first-order valence-corrected chi connectivity index (χ1v) is 7.24. The fourth-order valence-electron chi connectivity index (χ4n) is 2.84. The number of nitrogens with zero attached hydrogens (tertiary/aromatic N) is 1. The molecule has 0 bridgehead atoms. The Bertz CT molecular complexity index is 392. The van der Waals surface area contributed by atoms with Gasteiger partial charge in [-0.1, -0.05) is 11.6 Å². The van der Waals surface area contributed by atoms with E-state index in [0.717, 1.165) is 17.5 Å². The van der Waals surface area contributed by atoms with Gasteiger partial charge in [0.1, 0.15) is 0 Å². The molecule has 3 heteroatoms. The number of halogens is 1. The highest BCUT2D eigenvalue weighted by Gasteiger charge is 2.20. The summed E-state index contributed by atoms with van der Waals surface area (Å²) >= 11 is 6.03. The second-order valence-corrected chi connectivity index (χ2v) is 5.71. The standard InChI is InChI=1S/C15H23ClN2/c1-12-10-14(16)5-6-15(12)18-9-3-4-13(11-18)7-8-17-2/h5-6,10,13,17H,3-4,7-9,11H2,1-2H3. The molecule has 1 heterocycles. The van der Waals surface area contributed by atoms with Gasteiger partial charge in [0, 0.05) is 23.8 Å². The molecule has 1 unspecified atom stereocenters. The number of aryl methyl sites for hydroxylation is 1. The Hall–Kier alpha value is -0.730. The number of benzene rings is 1. The summed E-state index contributed by atoms with van der Waals surface area (Å²) in [6, 6.07) is 6.23. The van der Waals surface area contributed by atoms with Crippen molar-refractivity contribution < 1.29 is 0 Å². The average Bonchev–Trinajstić information content (AvgIpc) is 2.36. The maximum absolute atomic E-state index is 6.03. The molecule has 0 aromatic heterocycles. The van der Waals surface area contributed by atoms with Crippen molar-refractivity contribution in [1.29, 1.82) is 0 Å². The van der Waals surface area contributed by atoms with Crippen LogP contribution in [0.2, 0.25) is 5.02 Å². The summed E-state index contributed by atoms with van der Waals surface area (Å²) in [6.07, 6.45) is 3.95. The van der Waals surface area contributed by atoms with Gasteiger partial charge in [0.25, 0.3) is 0 Å². The van der Waals surface area contributed by atoms with Crippen LogP contribution in [0.3, 0.4) is 0 Å². The van der Waals surface area contributed by atoms with Crippen molar-refractivity contribution in [2.24, 2.45) is 5.92 Å². The van der Waals surface area contributed by atoms with Gasteiger partial charge in [-0.15, -0.1) is 0 Å². The lowest BCUT2D eigenvalue weighted by molar-refractivity contribution is 0.387. The SMILES string of the molecule is CNCCC1CCCN(c2ccc(Cl)cc2C)C1. The summed E-state index contributed by atoms with van der Waals surface area (Å²) in [7, 11) is 2.03. The van der Waals surface area contributed by atoms with E-state index in [1.165, 1.54) is 43.6 Å². The van der Waals surface area contributed by atoms with Crippen LogP contribution >= 0.6 is 11.6 Å². The lowest BCUT2D eigenvalue weighted by Crippen LogP contribution is -2.36. The van der Waals surface area contributed by atoms with Gasteiger partial charge in [0.2, 0.25) is 0 Å². The van der Waals surface area contributed by atoms with Crippen molar-refractivity contribution in [1.82, 2.24) is 5.32 Å². The van der Waals surface area contributed by atoms with Crippen molar-refractivity contribution in [3.05, 3.63) is 28.8 Å². The third kappa shape index (κ3) is 3.39. The van der Waals surface area contributed by atoms with E-state index in [4.69, 9.17) is 11.6 Å². The molecule has 2 nitrogen and oxygen atoms in total. The van der Waals surface area contributed by atoms with Crippen molar-refractivity contribution in [2.45, 2.75) is 26.2 Å². The zero-order valence-electron chi connectivity index (χ0n) is 11.4. The van der Waals surface area contributed by atoms with Gasteiger partial charge in [-0.05, 0) is 69.5 Å². The molecule has 1 aromatic rings. The van der Waals surface area contributed by atoms with Crippen LogP contribution in [0.25, 0.3) is 0 Å². The van der Waals surface area contributed by atoms with Crippen LogP contribution in [0.4, 0.5) is 5.69 Å². The molecule has 18 heavy (non-hydrogen) atoms. The molecule has 0 aliphatic carbocycles. The maximum atomic E-state index is 6.03. The summed E-state index contributed by atoms with van der Waals surface area (Å²) in [5.74, 6) is 0.821. The van der Waals surface area contributed by atoms with Crippen LogP contribution in [-0.4, -0.2) is 26.7 Å². The minimum atomic E-state index is 0.821. The molecule has 2 rings (SSSR count). The Morgan fingerprint density at radius 1 is 1.44 bits per heavy atom. The maximum Gasteiger partial charge on any atom is 0.0410 e. The van der Waals surface area contributed by atoms with Crippen molar-refractivity contribution in [2.75, 3.05) is 31.6 Å². The largest absolute Gasteiger partial charge is 0.371 e. The van der Waals surface area contributed by atoms with Gasteiger partial charge in [-0.3, -0.25) is 0 Å². The second kappa shape index (κ2) is 6.44. The molecule has 1 fully saturated rings. The normalized spacial score (nSPS) is 20.2. The Labute approximate surface area is 115 Å². The lowest BCUT2D eigenvalue weighted by atomic mass is 9.94. The van der Waals surface area contributed by atoms with E-state index in [-0.39, 0.29) is 0 Å². The first-order chi connectivity index (χ1) is 8.70.